The molecule has 0 N–H and O–H groups in total. The van der Waals surface area contributed by atoms with Crippen LogP contribution in [-0.4, -0.2) is 48.4 Å². The molecule has 1 heterocycles. The molecule has 6 heteroatoms. The average molecular weight is 314 g/mol. The van der Waals surface area contributed by atoms with Crippen LogP contribution in [-0.2, 0) is 6.18 Å². The summed E-state index contributed by atoms with van der Waals surface area (Å²) in [7, 11) is 0. The molecule has 0 atom stereocenters. The van der Waals surface area contributed by atoms with Crippen LogP contribution in [0.5, 0.6) is 0 Å². The SMILES string of the molecule is CC(C)CN1CCN(C(=O)c2ccccc2C(F)(F)F)CC1. The molecule has 1 aliphatic heterocycles. The van der Waals surface area contributed by atoms with Crippen LogP contribution >= 0.6 is 0 Å². The maximum Gasteiger partial charge on any atom is 0.417 e. The second-order valence-corrected chi connectivity index (χ2v) is 6.03. The van der Waals surface area contributed by atoms with Crippen LogP contribution in [0.1, 0.15) is 29.8 Å². The van der Waals surface area contributed by atoms with Gasteiger partial charge in [0.25, 0.3) is 5.91 Å². The standard InChI is InChI=1S/C16H21F3N2O/c1-12(2)11-20-7-9-21(10-8-20)15(22)13-5-3-4-6-14(13)16(17,18)19/h3-6,12H,7-11H2,1-2H3. The predicted octanol–water partition coefficient (Wildman–Crippen LogP) is 3.12. The molecular weight excluding hydrogens is 293 g/mol. The Kier molecular flexibility index (Phi) is 5.11. The monoisotopic (exact) mass is 314 g/mol. The topological polar surface area (TPSA) is 23.6 Å². The van der Waals surface area contributed by atoms with Crippen molar-refractivity contribution < 1.29 is 18.0 Å². The molecule has 0 saturated carbocycles. The van der Waals surface area contributed by atoms with Crippen LogP contribution in [0, 0.1) is 5.92 Å². The van der Waals surface area contributed by atoms with Gasteiger partial charge in [-0.3, -0.25) is 9.69 Å². The molecule has 0 unspecified atom stereocenters. The van der Waals surface area contributed by atoms with Crippen LogP contribution in [0.4, 0.5) is 13.2 Å². The average Bonchev–Trinajstić information content (AvgIpc) is 2.46. The Morgan fingerprint density at radius 1 is 1.14 bits per heavy atom. The van der Waals surface area contributed by atoms with E-state index < -0.39 is 17.6 Å². The number of carbonyl (C=O) groups excluding carboxylic acids is 1. The van der Waals surface area contributed by atoms with Gasteiger partial charge >= 0.3 is 6.18 Å². The highest BCUT2D eigenvalue weighted by molar-refractivity contribution is 5.96. The second-order valence-electron chi connectivity index (χ2n) is 6.03. The van der Waals surface area contributed by atoms with E-state index in [1.807, 2.05) is 0 Å². The molecule has 0 radical (unpaired) electrons. The number of carbonyl (C=O) groups is 1. The third kappa shape index (κ3) is 4.00. The quantitative estimate of drug-likeness (QED) is 0.856. The van der Waals surface area contributed by atoms with E-state index in [2.05, 4.69) is 18.7 Å². The molecule has 1 saturated heterocycles. The van der Waals surface area contributed by atoms with E-state index in [4.69, 9.17) is 0 Å². The summed E-state index contributed by atoms with van der Waals surface area (Å²) in [4.78, 5) is 16.2. The van der Waals surface area contributed by atoms with E-state index in [1.54, 1.807) is 0 Å². The largest absolute Gasteiger partial charge is 0.417 e. The molecule has 3 nitrogen and oxygen atoms in total. The third-order valence-corrected chi connectivity index (χ3v) is 3.75. The summed E-state index contributed by atoms with van der Waals surface area (Å²) in [5, 5.41) is 0. The molecule has 0 spiro atoms. The highest BCUT2D eigenvalue weighted by atomic mass is 19.4. The van der Waals surface area contributed by atoms with Gasteiger partial charge in [-0.05, 0) is 18.1 Å². The first-order valence-electron chi connectivity index (χ1n) is 7.47. The molecule has 2 rings (SSSR count). The van der Waals surface area contributed by atoms with Gasteiger partial charge in [0.1, 0.15) is 0 Å². The zero-order chi connectivity index (χ0) is 16.3. The van der Waals surface area contributed by atoms with Gasteiger partial charge in [-0.1, -0.05) is 26.0 Å². The maximum atomic E-state index is 13.0. The van der Waals surface area contributed by atoms with Gasteiger partial charge in [0, 0.05) is 32.7 Å². The van der Waals surface area contributed by atoms with Gasteiger partial charge in [0.05, 0.1) is 11.1 Å². The molecule has 1 aromatic carbocycles. The predicted molar refractivity (Wildman–Crippen MR) is 78.6 cm³/mol. The Balaban J connectivity index is 2.08. The summed E-state index contributed by atoms with van der Waals surface area (Å²) < 4.78 is 39.0. The van der Waals surface area contributed by atoms with Crippen LogP contribution in [0.15, 0.2) is 24.3 Å². The van der Waals surface area contributed by atoms with Gasteiger partial charge < -0.3 is 4.90 Å². The maximum absolute atomic E-state index is 13.0. The lowest BCUT2D eigenvalue weighted by atomic mass is 10.1. The fraction of sp³-hybridized carbons (Fsp3) is 0.562. The lowest BCUT2D eigenvalue weighted by Crippen LogP contribution is -2.49. The lowest BCUT2D eigenvalue weighted by molar-refractivity contribution is -0.138. The fourth-order valence-corrected chi connectivity index (χ4v) is 2.74. The molecule has 122 valence electrons. The summed E-state index contributed by atoms with van der Waals surface area (Å²) in [5.74, 6) is 0.00493. The van der Waals surface area contributed by atoms with E-state index in [-0.39, 0.29) is 5.56 Å². The second kappa shape index (κ2) is 6.69. The third-order valence-electron chi connectivity index (χ3n) is 3.75. The Morgan fingerprint density at radius 3 is 2.27 bits per heavy atom. The Bertz CT molecular complexity index is 520. The van der Waals surface area contributed by atoms with Crippen LogP contribution in [0.2, 0.25) is 0 Å². The van der Waals surface area contributed by atoms with Crippen molar-refractivity contribution in [1.29, 1.82) is 0 Å². The number of amides is 1. The van der Waals surface area contributed by atoms with Gasteiger partial charge in [0.2, 0.25) is 0 Å². The molecule has 1 aliphatic rings. The van der Waals surface area contributed by atoms with Crippen molar-refractivity contribution in [1.82, 2.24) is 9.80 Å². The summed E-state index contributed by atoms with van der Waals surface area (Å²) in [6.07, 6.45) is -4.51. The number of alkyl halides is 3. The molecule has 1 amide bonds. The van der Waals surface area contributed by atoms with Gasteiger partial charge in [0.15, 0.2) is 0 Å². The zero-order valence-corrected chi connectivity index (χ0v) is 12.9. The molecule has 0 aliphatic carbocycles. The highest BCUT2D eigenvalue weighted by Gasteiger charge is 2.36. The molecule has 1 aromatic rings. The fourth-order valence-electron chi connectivity index (χ4n) is 2.74. The molecule has 1 fully saturated rings. The number of piperazine rings is 1. The number of rotatable bonds is 3. The number of benzene rings is 1. The van der Waals surface area contributed by atoms with Crippen molar-refractivity contribution in [2.45, 2.75) is 20.0 Å². The van der Waals surface area contributed by atoms with Gasteiger partial charge in [-0.2, -0.15) is 13.2 Å². The van der Waals surface area contributed by atoms with E-state index in [1.165, 1.54) is 23.1 Å². The van der Waals surface area contributed by atoms with E-state index in [0.29, 0.717) is 32.1 Å². The molecule has 0 aromatic heterocycles. The number of hydrogen-bond acceptors (Lipinski definition) is 2. The number of hydrogen-bond donors (Lipinski definition) is 0. The Morgan fingerprint density at radius 2 is 1.73 bits per heavy atom. The van der Waals surface area contributed by atoms with Gasteiger partial charge in [-0.25, -0.2) is 0 Å². The Hall–Kier alpha value is -1.56. The van der Waals surface area contributed by atoms with E-state index in [9.17, 15) is 18.0 Å². The number of nitrogens with zero attached hydrogens (tertiary/aromatic N) is 2. The summed E-state index contributed by atoms with van der Waals surface area (Å²) in [6.45, 7) is 7.54. The van der Waals surface area contributed by atoms with Crippen molar-refractivity contribution >= 4 is 5.91 Å². The van der Waals surface area contributed by atoms with Crippen LogP contribution in [0.3, 0.4) is 0 Å². The van der Waals surface area contributed by atoms with Crippen molar-refractivity contribution in [2.75, 3.05) is 32.7 Å². The number of halogens is 3. The van der Waals surface area contributed by atoms with Crippen LogP contribution in [0.25, 0.3) is 0 Å². The molecule has 22 heavy (non-hydrogen) atoms. The molecule has 0 bridgehead atoms. The minimum atomic E-state index is -4.51. The summed E-state index contributed by atoms with van der Waals surface area (Å²) in [6, 6.07) is 4.99. The lowest BCUT2D eigenvalue weighted by Gasteiger charge is -2.35. The first-order valence-corrected chi connectivity index (χ1v) is 7.47. The van der Waals surface area contributed by atoms with E-state index >= 15 is 0 Å². The van der Waals surface area contributed by atoms with E-state index in [0.717, 1.165) is 12.6 Å². The summed E-state index contributed by atoms with van der Waals surface area (Å²) in [5.41, 5.74) is -1.11. The zero-order valence-electron chi connectivity index (χ0n) is 12.9. The van der Waals surface area contributed by atoms with Gasteiger partial charge in [-0.15, -0.1) is 0 Å². The highest BCUT2D eigenvalue weighted by Crippen LogP contribution is 2.32. The van der Waals surface area contributed by atoms with Crippen LogP contribution < -0.4 is 0 Å². The van der Waals surface area contributed by atoms with Crippen molar-refractivity contribution in [3.8, 4) is 0 Å². The Labute approximate surface area is 128 Å². The van der Waals surface area contributed by atoms with Crippen molar-refractivity contribution in [2.24, 2.45) is 5.92 Å². The first-order chi connectivity index (χ1) is 10.3. The first kappa shape index (κ1) is 16.8. The minimum absolute atomic E-state index is 0.257. The van der Waals surface area contributed by atoms with Crippen molar-refractivity contribution in [3.05, 3.63) is 35.4 Å². The normalized spacial score (nSPS) is 17.1. The summed E-state index contributed by atoms with van der Waals surface area (Å²) >= 11 is 0. The molecular formula is C16H21F3N2O. The van der Waals surface area contributed by atoms with Crippen molar-refractivity contribution in [3.63, 3.8) is 0 Å². The minimum Gasteiger partial charge on any atom is -0.336 e. The smallest absolute Gasteiger partial charge is 0.336 e.